The first-order valence-corrected chi connectivity index (χ1v) is 15.5. The quantitative estimate of drug-likeness (QED) is 0.259. The summed E-state index contributed by atoms with van der Waals surface area (Å²) in [6, 6.07) is 15.5. The highest BCUT2D eigenvalue weighted by Gasteiger charge is 2.39. The van der Waals surface area contributed by atoms with Crippen molar-refractivity contribution in [3.8, 4) is 0 Å². The van der Waals surface area contributed by atoms with E-state index in [1.165, 1.54) is 6.42 Å². The zero-order valence-electron chi connectivity index (χ0n) is 24.6. The first-order valence-electron chi connectivity index (χ1n) is 15.1. The summed E-state index contributed by atoms with van der Waals surface area (Å²) < 4.78 is 5.95. The summed E-state index contributed by atoms with van der Waals surface area (Å²) in [7, 11) is 0. The van der Waals surface area contributed by atoms with Gasteiger partial charge in [0.2, 0.25) is 11.8 Å². The van der Waals surface area contributed by atoms with Crippen molar-refractivity contribution in [1.29, 1.82) is 0 Å². The Balaban J connectivity index is 1.45. The molecule has 4 N–H and O–H groups in total. The lowest BCUT2D eigenvalue weighted by atomic mass is 9.84. The number of hydrogen-bond donors (Lipinski definition) is 4. The van der Waals surface area contributed by atoms with Gasteiger partial charge in [0.25, 0.3) is 0 Å². The Morgan fingerprint density at radius 3 is 2.43 bits per heavy atom. The molecule has 8 nitrogen and oxygen atoms in total. The highest BCUT2D eigenvalue weighted by Crippen LogP contribution is 2.30. The van der Waals surface area contributed by atoms with E-state index in [4.69, 9.17) is 16.3 Å². The molecule has 0 aromatic heterocycles. The second-order valence-electron chi connectivity index (χ2n) is 12.5. The van der Waals surface area contributed by atoms with Crippen LogP contribution in [0.3, 0.4) is 0 Å². The van der Waals surface area contributed by atoms with E-state index < -0.39 is 24.3 Å². The minimum absolute atomic E-state index is 0.0696. The third-order valence-corrected chi connectivity index (χ3v) is 8.59. The molecular weight excluding hydrogens is 554 g/mol. The molecular formula is C33H44ClN3O5. The number of ether oxygens (including phenoxy) is 1. The number of carbonyl (C=O) groups is 3. The number of alkyl carbamates (subject to hydrolysis) is 1. The van der Waals surface area contributed by atoms with Crippen molar-refractivity contribution < 1.29 is 24.2 Å². The number of amides is 3. The van der Waals surface area contributed by atoms with Crippen LogP contribution in [0.5, 0.6) is 0 Å². The number of aliphatic hydroxyl groups is 1. The Bertz CT molecular complexity index is 1200. The summed E-state index contributed by atoms with van der Waals surface area (Å²) in [5.74, 6) is -0.439. The van der Waals surface area contributed by atoms with Crippen LogP contribution < -0.4 is 16.0 Å². The summed E-state index contributed by atoms with van der Waals surface area (Å²) >= 11 is 6.20. The number of halogens is 1. The molecule has 1 saturated heterocycles. The normalized spacial score (nSPS) is 20.7. The molecule has 1 saturated carbocycles. The first-order chi connectivity index (χ1) is 20.1. The molecule has 3 amide bonds. The maximum atomic E-state index is 13.6. The van der Waals surface area contributed by atoms with Crippen LogP contribution in [0.25, 0.3) is 0 Å². The van der Waals surface area contributed by atoms with Gasteiger partial charge < -0.3 is 25.8 Å². The predicted molar refractivity (Wildman–Crippen MR) is 163 cm³/mol. The van der Waals surface area contributed by atoms with Gasteiger partial charge in [0.15, 0.2) is 0 Å². The van der Waals surface area contributed by atoms with E-state index >= 15 is 0 Å². The van der Waals surface area contributed by atoms with Crippen LogP contribution >= 0.6 is 11.6 Å². The lowest BCUT2D eigenvalue weighted by molar-refractivity contribution is -0.126. The Morgan fingerprint density at radius 2 is 1.79 bits per heavy atom. The van der Waals surface area contributed by atoms with Crippen molar-refractivity contribution in [3.63, 3.8) is 0 Å². The van der Waals surface area contributed by atoms with Crippen molar-refractivity contribution in [3.05, 3.63) is 70.7 Å². The third-order valence-electron chi connectivity index (χ3n) is 8.36. The van der Waals surface area contributed by atoms with Crippen LogP contribution in [0, 0.1) is 11.8 Å². The molecule has 0 spiro atoms. The number of aliphatic hydroxyl groups excluding tert-OH is 1. The van der Waals surface area contributed by atoms with Gasteiger partial charge in [-0.15, -0.1) is 0 Å². The average Bonchev–Trinajstić information content (AvgIpc) is 3.23. The van der Waals surface area contributed by atoms with Crippen molar-refractivity contribution in [2.24, 2.45) is 11.8 Å². The fourth-order valence-electron chi connectivity index (χ4n) is 6.28. The Hall–Kier alpha value is -3.10. The number of benzene rings is 2. The van der Waals surface area contributed by atoms with Crippen molar-refractivity contribution in [1.82, 2.24) is 16.0 Å². The zero-order chi connectivity index (χ0) is 30.1. The maximum absolute atomic E-state index is 13.6. The maximum Gasteiger partial charge on any atom is 0.408 e. The van der Waals surface area contributed by atoms with Crippen LogP contribution in [0.1, 0.15) is 82.4 Å². The molecule has 4 atom stereocenters. The third kappa shape index (κ3) is 9.46. The molecule has 4 unspecified atom stereocenters. The van der Waals surface area contributed by atoms with E-state index in [1.807, 2.05) is 62.4 Å². The van der Waals surface area contributed by atoms with Crippen molar-refractivity contribution >= 4 is 29.5 Å². The van der Waals surface area contributed by atoms with Crippen molar-refractivity contribution in [2.45, 2.75) is 95.4 Å². The van der Waals surface area contributed by atoms with Gasteiger partial charge in [0.1, 0.15) is 12.1 Å². The summed E-state index contributed by atoms with van der Waals surface area (Å²) in [5, 5.41) is 19.4. The van der Waals surface area contributed by atoms with E-state index in [2.05, 4.69) is 16.0 Å². The van der Waals surface area contributed by atoms with E-state index in [0.717, 1.165) is 36.8 Å². The molecule has 1 heterocycles. The number of nitrogens with one attached hydrogen (secondary N) is 3. The molecule has 228 valence electrons. The molecule has 2 aromatic rings. The SMILES string of the molecule is CC1(C)CC(CC(CO)NC(=O)C(CC2CCCCC2)NC(=O)OC(Cc2cccc(Cl)c2)c2ccccc2)C(=O)N1. The van der Waals surface area contributed by atoms with Gasteiger partial charge in [0.05, 0.1) is 12.6 Å². The monoisotopic (exact) mass is 597 g/mol. The summed E-state index contributed by atoms with van der Waals surface area (Å²) in [4.78, 5) is 39.4. The van der Waals surface area contributed by atoms with Crippen LogP contribution in [0.4, 0.5) is 4.79 Å². The summed E-state index contributed by atoms with van der Waals surface area (Å²) in [6.45, 7) is 3.62. The van der Waals surface area contributed by atoms with Gasteiger partial charge >= 0.3 is 6.09 Å². The molecule has 2 fully saturated rings. The lowest BCUT2D eigenvalue weighted by Crippen LogP contribution is -2.52. The largest absolute Gasteiger partial charge is 0.441 e. The van der Waals surface area contributed by atoms with Crippen LogP contribution in [0.2, 0.25) is 5.02 Å². The molecule has 0 radical (unpaired) electrons. The van der Waals surface area contributed by atoms with Gasteiger partial charge in [-0.1, -0.05) is 86.2 Å². The number of rotatable bonds is 12. The summed E-state index contributed by atoms with van der Waals surface area (Å²) in [6.07, 6.45) is 5.98. The van der Waals surface area contributed by atoms with E-state index in [0.29, 0.717) is 36.6 Å². The molecule has 42 heavy (non-hydrogen) atoms. The minimum atomic E-state index is -0.828. The van der Waals surface area contributed by atoms with Gasteiger partial charge in [-0.25, -0.2) is 4.79 Å². The molecule has 1 aliphatic heterocycles. The summed E-state index contributed by atoms with van der Waals surface area (Å²) in [5.41, 5.74) is 1.44. The average molecular weight is 598 g/mol. The molecule has 2 aromatic carbocycles. The van der Waals surface area contributed by atoms with Crippen LogP contribution in [0.15, 0.2) is 54.6 Å². The smallest absolute Gasteiger partial charge is 0.408 e. The van der Waals surface area contributed by atoms with Crippen LogP contribution in [-0.2, 0) is 20.7 Å². The van der Waals surface area contributed by atoms with Gasteiger partial charge in [-0.2, -0.15) is 0 Å². The van der Waals surface area contributed by atoms with E-state index in [9.17, 15) is 19.5 Å². The Morgan fingerprint density at radius 1 is 1.05 bits per heavy atom. The van der Waals surface area contributed by atoms with Gasteiger partial charge in [-0.05, 0) is 62.3 Å². The standard InChI is InChI=1S/C33H44ClN3O5/c1-33(2)20-25(30(39)37-33)19-27(21-38)35-31(40)28(17-22-10-5-3-6-11-22)36-32(41)42-29(24-13-7-4-8-14-24)18-23-12-9-15-26(34)16-23/h4,7-9,12-16,22,25,27-29,38H,3,5-6,10-11,17-21H2,1-2H3,(H,35,40)(H,36,41)(H,37,39). The van der Waals surface area contributed by atoms with Crippen LogP contribution in [-0.4, -0.2) is 47.2 Å². The highest BCUT2D eigenvalue weighted by molar-refractivity contribution is 6.30. The first kappa shape index (κ1) is 31.8. The Labute approximate surface area is 253 Å². The second kappa shape index (κ2) is 14.9. The second-order valence-corrected chi connectivity index (χ2v) is 12.9. The fourth-order valence-corrected chi connectivity index (χ4v) is 6.49. The molecule has 9 heteroatoms. The molecule has 4 rings (SSSR count). The topological polar surface area (TPSA) is 117 Å². The number of carbonyl (C=O) groups excluding carboxylic acids is 3. The molecule has 2 aliphatic rings. The zero-order valence-corrected chi connectivity index (χ0v) is 25.4. The minimum Gasteiger partial charge on any atom is -0.441 e. The Kier molecular flexibility index (Phi) is 11.3. The lowest BCUT2D eigenvalue weighted by Gasteiger charge is -2.29. The molecule has 0 bridgehead atoms. The highest BCUT2D eigenvalue weighted by atomic mass is 35.5. The number of hydrogen-bond acceptors (Lipinski definition) is 5. The predicted octanol–water partition coefficient (Wildman–Crippen LogP) is 5.47. The van der Waals surface area contributed by atoms with Gasteiger partial charge in [-0.3, -0.25) is 9.59 Å². The fraction of sp³-hybridized carbons (Fsp3) is 0.545. The van der Waals surface area contributed by atoms with Gasteiger partial charge in [0, 0.05) is 22.9 Å². The van der Waals surface area contributed by atoms with E-state index in [1.54, 1.807) is 6.07 Å². The molecule has 1 aliphatic carbocycles. The van der Waals surface area contributed by atoms with Crippen molar-refractivity contribution in [2.75, 3.05) is 6.61 Å². The van der Waals surface area contributed by atoms with E-state index in [-0.39, 0.29) is 29.9 Å².